The van der Waals surface area contributed by atoms with Crippen LogP contribution in [0.4, 0.5) is 0 Å². The van der Waals surface area contributed by atoms with Crippen LogP contribution in [0.15, 0.2) is 17.2 Å². The molecule has 1 rings (SSSR count). The first-order valence-corrected chi connectivity index (χ1v) is 6.69. The van der Waals surface area contributed by atoms with Crippen LogP contribution in [0.3, 0.4) is 0 Å². The average molecular weight is 251 g/mol. The van der Waals surface area contributed by atoms with E-state index in [1.165, 1.54) is 10.5 Å². The van der Waals surface area contributed by atoms with Crippen molar-refractivity contribution >= 4 is 21.6 Å². The van der Waals surface area contributed by atoms with Crippen molar-refractivity contribution in [2.75, 3.05) is 13.6 Å². The first-order chi connectivity index (χ1) is 7.02. The summed E-state index contributed by atoms with van der Waals surface area (Å²) in [6.45, 7) is 2.46. The van der Waals surface area contributed by atoms with Crippen LogP contribution in [0.5, 0.6) is 0 Å². The Bertz CT molecular complexity index is 414. The second kappa shape index (κ2) is 5.01. The lowest BCUT2D eigenvalue weighted by Gasteiger charge is -2.14. The van der Waals surface area contributed by atoms with Gasteiger partial charge in [0.1, 0.15) is 0 Å². The largest absolute Gasteiger partial charge is 0.363 e. The molecule has 0 bridgehead atoms. The van der Waals surface area contributed by atoms with Gasteiger partial charge in [0.25, 0.3) is 0 Å². The maximum absolute atomic E-state index is 11.9. The van der Waals surface area contributed by atoms with Crippen molar-refractivity contribution in [3.05, 3.63) is 18.0 Å². The van der Waals surface area contributed by atoms with Crippen LogP contribution in [0.25, 0.3) is 0 Å². The molecule has 0 atom stereocenters. The number of aromatic amines is 1. The molecule has 0 radical (unpaired) electrons. The third-order valence-corrected chi connectivity index (χ3v) is 4.23. The number of nitrogens with one attached hydrogen (secondary N) is 1. The van der Waals surface area contributed by atoms with Gasteiger partial charge in [0.15, 0.2) is 0 Å². The van der Waals surface area contributed by atoms with Gasteiger partial charge in [-0.3, -0.25) is 0 Å². The smallest absolute Gasteiger partial charge is 0.244 e. The third kappa shape index (κ3) is 2.74. The van der Waals surface area contributed by atoms with E-state index in [0.29, 0.717) is 12.2 Å². The number of sulfonamides is 1. The van der Waals surface area contributed by atoms with Crippen molar-refractivity contribution in [2.24, 2.45) is 0 Å². The highest BCUT2D eigenvalue weighted by Crippen LogP contribution is 2.16. The van der Waals surface area contributed by atoms with Gasteiger partial charge < -0.3 is 4.98 Å². The van der Waals surface area contributed by atoms with E-state index in [0.717, 1.165) is 6.42 Å². The second-order valence-corrected chi connectivity index (χ2v) is 5.63. The first-order valence-electron chi connectivity index (χ1n) is 4.72. The van der Waals surface area contributed by atoms with Crippen molar-refractivity contribution < 1.29 is 8.42 Å². The Labute approximate surface area is 95.3 Å². The second-order valence-electron chi connectivity index (χ2n) is 3.32. The zero-order chi connectivity index (χ0) is 11.5. The van der Waals surface area contributed by atoms with E-state index in [4.69, 9.17) is 11.6 Å². The van der Waals surface area contributed by atoms with E-state index in [9.17, 15) is 8.42 Å². The third-order valence-electron chi connectivity index (χ3n) is 2.11. The van der Waals surface area contributed by atoms with Gasteiger partial charge in [-0.15, -0.1) is 11.6 Å². The molecule has 1 aromatic heterocycles. The Morgan fingerprint density at radius 1 is 1.53 bits per heavy atom. The molecule has 4 nitrogen and oxygen atoms in total. The minimum absolute atomic E-state index is 0.272. The molecule has 86 valence electrons. The summed E-state index contributed by atoms with van der Waals surface area (Å²) in [7, 11) is -1.77. The quantitative estimate of drug-likeness (QED) is 0.810. The molecule has 1 N–H and O–H groups in total. The molecule has 0 saturated carbocycles. The number of nitrogens with zero attached hydrogens (tertiary/aromatic N) is 1. The molecule has 0 aromatic carbocycles. The zero-order valence-corrected chi connectivity index (χ0v) is 10.4. The summed E-state index contributed by atoms with van der Waals surface area (Å²) in [6, 6.07) is 1.56. The van der Waals surface area contributed by atoms with Gasteiger partial charge in [-0.25, -0.2) is 12.7 Å². The number of halogens is 1. The summed E-state index contributed by atoms with van der Waals surface area (Å²) in [5.74, 6) is 0.285. The van der Waals surface area contributed by atoms with E-state index < -0.39 is 10.0 Å². The lowest BCUT2D eigenvalue weighted by Crippen LogP contribution is -2.27. The standard InChI is InChI=1S/C9H15ClN2O2S/c1-3-4-12(2)15(13,14)9-5-8(6-10)11-7-9/h5,7,11H,3-4,6H2,1-2H3. The molecule has 0 aliphatic carbocycles. The number of rotatable bonds is 5. The lowest BCUT2D eigenvalue weighted by atomic mass is 10.5. The van der Waals surface area contributed by atoms with Gasteiger partial charge in [-0.2, -0.15) is 0 Å². The highest BCUT2D eigenvalue weighted by Gasteiger charge is 2.20. The highest BCUT2D eigenvalue weighted by molar-refractivity contribution is 7.89. The lowest BCUT2D eigenvalue weighted by molar-refractivity contribution is 0.468. The fourth-order valence-corrected chi connectivity index (χ4v) is 2.70. The summed E-state index contributed by atoms with van der Waals surface area (Å²) in [4.78, 5) is 3.09. The Morgan fingerprint density at radius 2 is 2.20 bits per heavy atom. The van der Waals surface area contributed by atoms with Crippen LogP contribution < -0.4 is 0 Å². The summed E-state index contributed by atoms with van der Waals surface area (Å²) in [5.41, 5.74) is 0.708. The number of alkyl halides is 1. The van der Waals surface area contributed by atoms with Gasteiger partial charge >= 0.3 is 0 Å². The van der Waals surface area contributed by atoms with E-state index in [1.54, 1.807) is 13.1 Å². The molecule has 0 unspecified atom stereocenters. The van der Waals surface area contributed by atoms with Crippen LogP contribution in [0, 0.1) is 0 Å². The molecule has 0 saturated heterocycles. The Kier molecular flexibility index (Phi) is 4.19. The minimum Gasteiger partial charge on any atom is -0.363 e. The van der Waals surface area contributed by atoms with Gasteiger partial charge in [-0.1, -0.05) is 6.92 Å². The SMILES string of the molecule is CCCN(C)S(=O)(=O)c1c[nH]c(CCl)c1. The molecule has 0 aliphatic heterocycles. The molecular weight excluding hydrogens is 236 g/mol. The Balaban J connectivity index is 2.95. The normalized spacial score (nSPS) is 12.3. The van der Waals surface area contributed by atoms with Crippen LogP contribution in [0.1, 0.15) is 19.0 Å². The Hall–Kier alpha value is -0.520. The molecule has 0 amide bonds. The molecular formula is C9H15ClN2O2S. The minimum atomic E-state index is -3.35. The molecule has 6 heteroatoms. The van der Waals surface area contributed by atoms with Gasteiger partial charge in [0, 0.05) is 25.5 Å². The summed E-state index contributed by atoms with van der Waals surface area (Å²) >= 11 is 5.59. The van der Waals surface area contributed by atoms with E-state index in [2.05, 4.69) is 4.98 Å². The number of H-pyrrole nitrogens is 1. The first kappa shape index (κ1) is 12.5. The van der Waals surface area contributed by atoms with Crippen LogP contribution in [0.2, 0.25) is 0 Å². The molecule has 15 heavy (non-hydrogen) atoms. The fraction of sp³-hybridized carbons (Fsp3) is 0.556. The van der Waals surface area contributed by atoms with E-state index in [-0.39, 0.29) is 10.8 Å². The van der Waals surface area contributed by atoms with Crippen molar-refractivity contribution in [3.63, 3.8) is 0 Å². The topological polar surface area (TPSA) is 53.2 Å². The fourth-order valence-electron chi connectivity index (χ4n) is 1.26. The van der Waals surface area contributed by atoms with E-state index in [1.807, 2.05) is 6.92 Å². The summed E-state index contributed by atoms with van der Waals surface area (Å²) in [6.07, 6.45) is 2.27. The molecule has 0 fully saturated rings. The molecule has 0 aliphatic rings. The van der Waals surface area contributed by atoms with Crippen molar-refractivity contribution in [1.82, 2.24) is 9.29 Å². The number of aromatic nitrogens is 1. The average Bonchev–Trinajstić information content (AvgIpc) is 2.66. The van der Waals surface area contributed by atoms with Gasteiger partial charge in [-0.05, 0) is 12.5 Å². The predicted octanol–water partition coefficient (Wildman–Crippen LogP) is 1.78. The molecule has 0 spiro atoms. The maximum atomic E-state index is 11.9. The van der Waals surface area contributed by atoms with E-state index >= 15 is 0 Å². The van der Waals surface area contributed by atoms with Crippen LogP contribution in [-0.4, -0.2) is 31.3 Å². The van der Waals surface area contributed by atoms with Crippen molar-refractivity contribution in [2.45, 2.75) is 24.1 Å². The predicted molar refractivity (Wildman–Crippen MR) is 60.5 cm³/mol. The summed E-state index contributed by atoms with van der Waals surface area (Å²) in [5, 5.41) is 0. The molecule has 1 heterocycles. The Morgan fingerprint density at radius 3 is 2.67 bits per heavy atom. The van der Waals surface area contributed by atoms with Crippen molar-refractivity contribution in [1.29, 1.82) is 0 Å². The number of hydrogen-bond acceptors (Lipinski definition) is 2. The van der Waals surface area contributed by atoms with Crippen molar-refractivity contribution in [3.8, 4) is 0 Å². The van der Waals surface area contributed by atoms with Gasteiger partial charge in [0.2, 0.25) is 10.0 Å². The zero-order valence-electron chi connectivity index (χ0n) is 8.83. The maximum Gasteiger partial charge on any atom is 0.244 e. The molecule has 1 aromatic rings. The highest BCUT2D eigenvalue weighted by atomic mass is 35.5. The summed E-state index contributed by atoms with van der Waals surface area (Å²) < 4.78 is 25.2. The van der Waals surface area contributed by atoms with Crippen LogP contribution >= 0.6 is 11.6 Å². The monoisotopic (exact) mass is 250 g/mol. The number of hydrogen-bond donors (Lipinski definition) is 1. The van der Waals surface area contributed by atoms with Gasteiger partial charge in [0.05, 0.1) is 10.8 Å². The van der Waals surface area contributed by atoms with Crippen LogP contribution in [-0.2, 0) is 15.9 Å².